The molecule has 10 nitrogen and oxygen atoms in total. The molecule has 0 bridgehead atoms. The van der Waals surface area contributed by atoms with Crippen molar-refractivity contribution in [3.63, 3.8) is 0 Å². The van der Waals surface area contributed by atoms with E-state index in [0.717, 1.165) is 25.7 Å². The second-order valence-electron chi connectivity index (χ2n) is 7.01. The van der Waals surface area contributed by atoms with Gasteiger partial charge in [0.15, 0.2) is 5.75 Å². The van der Waals surface area contributed by atoms with Crippen LogP contribution in [0.25, 0.3) is 0 Å². The number of rotatable bonds is 11. The molecule has 0 aliphatic carbocycles. The summed E-state index contributed by atoms with van der Waals surface area (Å²) in [6.45, 7) is 4.18. The maximum absolute atomic E-state index is 12.4. The second kappa shape index (κ2) is 11.2. The molecule has 1 unspecified atom stereocenters. The van der Waals surface area contributed by atoms with Crippen molar-refractivity contribution in [2.75, 3.05) is 20.8 Å². The molecule has 1 heterocycles. The van der Waals surface area contributed by atoms with Crippen molar-refractivity contribution in [3.8, 4) is 11.5 Å². The molecule has 0 saturated heterocycles. The molecule has 2 amide bonds. The van der Waals surface area contributed by atoms with E-state index in [1.165, 1.54) is 26.4 Å². The van der Waals surface area contributed by atoms with Crippen LogP contribution in [0.1, 0.15) is 57.6 Å². The van der Waals surface area contributed by atoms with Gasteiger partial charge < -0.3 is 24.8 Å². The monoisotopic (exact) mass is 435 g/mol. The fourth-order valence-electron chi connectivity index (χ4n) is 3.41. The highest BCUT2D eigenvalue weighted by Gasteiger charge is 2.35. The van der Waals surface area contributed by atoms with Gasteiger partial charge in [-0.3, -0.25) is 10.1 Å². The van der Waals surface area contributed by atoms with E-state index in [0.29, 0.717) is 24.3 Å². The van der Waals surface area contributed by atoms with Crippen LogP contribution in [0.15, 0.2) is 23.4 Å². The minimum absolute atomic E-state index is 0.0207. The molecule has 0 fully saturated rings. The number of urea groups is 1. The SMILES string of the molecule is CCCCCCOc1c(OC)cc(C2NC(=O)NC(CC)=C2C(=O)OC)cc1[N+](=O)[O-]. The van der Waals surface area contributed by atoms with Gasteiger partial charge in [-0.15, -0.1) is 0 Å². The average molecular weight is 435 g/mol. The number of benzene rings is 1. The number of nitro groups is 1. The number of carbonyl (C=O) groups is 2. The zero-order valence-electron chi connectivity index (χ0n) is 18.3. The van der Waals surface area contributed by atoms with Crippen LogP contribution in [0.4, 0.5) is 10.5 Å². The van der Waals surface area contributed by atoms with E-state index in [1.807, 2.05) is 0 Å². The molecule has 10 heteroatoms. The number of amides is 2. The Morgan fingerprint density at radius 2 is 1.94 bits per heavy atom. The molecule has 31 heavy (non-hydrogen) atoms. The lowest BCUT2D eigenvalue weighted by atomic mass is 9.93. The molecule has 2 N–H and O–H groups in total. The summed E-state index contributed by atoms with van der Waals surface area (Å²) in [6.07, 6.45) is 4.20. The lowest BCUT2D eigenvalue weighted by Gasteiger charge is -2.29. The molecule has 1 aliphatic rings. The molecule has 1 atom stereocenters. The highest BCUT2D eigenvalue weighted by atomic mass is 16.6. The lowest BCUT2D eigenvalue weighted by molar-refractivity contribution is -0.386. The topological polar surface area (TPSA) is 129 Å². The summed E-state index contributed by atoms with van der Waals surface area (Å²) in [6, 6.07) is 1.35. The zero-order chi connectivity index (χ0) is 23.0. The summed E-state index contributed by atoms with van der Waals surface area (Å²) in [7, 11) is 2.61. The Hall–Kier alpha value is -3.30. The van der Waals surface area contributed by atoms with Crippen LogP contribution in [0.5, 0.6) is 11.5 Å². The van der Waals surface area contributed by atoms with E-state index in [9.17, 15) is 19.7 Å². The Labute approximate surface area is 181 Å². The maximum atomic E-state index is 12.4. The van der Waals surface area contributed by atoms with E-state index < -0.39 is 23.0 Å². The van der Waals surface area contributed by atoms with E-state index >= 15 is 0 Å². The van der Waals surface area contributed by atoms with Gasteiger partial charge in [-0.25, -0.2) is 9.59 Å². The first-order valence-electron chi connectivity index (χ1n) is 10.3. The number of hydrogen-bond acceptors (Lipinski definition) is 7. The van der Waals surface area contributed by atoms with Crippen molar-refractivity contribution < 1.29 is 28.7 Å². The summed E-state index contributed by atoms with van der Waals surface area (Å²) < 4.78 is 15.9. The van der Waals surface area contributed by atoms with Gasteiger partial charge in [-0.05, 0) is 24.5 Å². The molecule has 2 rings (SSSR count). The van der Waals surface area contributed by atoms with Gasteiger partial charge in [0, 0.05) is 11.8 Å². The van der Waals surface area contributed by atoms with Crippen molar-refractivity contribution in [2.45, 2.75) is 52.0 Å². The number of methoxy groups -OCH3 is 2. The smallest absolute Gasteiger partial charge is 0.337 e. The number of nitrogens with one attached hydrogen (secondary N) is 2. The standard InChI is InChI=1S/C21H29N3O7/c1-5-7-8-9-10-31-19-15(24(27)28)11-13(12-16(19)29-3)18-17(20(25)30-4)14(6-2)22-21(26)23-18/h11-12,18H,5-10H2,1-4H3,(H2,22,23,26). The molecular formula is C21H29N3O7. The van der Waals surface area contributed by atoms with Crippen LogP contribution < -0.4 is 20.1 Å². The van der Waals surface area contributed by atoms with E-state index in [4.69, 9.17) is 14.2 Å². The van der Waals surface area contributed by atoms with Crippen molar-refractivity contribution in [3.05, 3.63) is 39.1 Å². The number of hydrogen-bond donors (Lipinski definition) is 2. The molecule has 170 valence electrons. The number of allylic oxidation sites excluding steroid dienone is 1. The van der Waals surface area contributed by atoms with Crippen LogP contribution in [0.2, 0.25) is 0 Å². The van der Waals surface area contributed by atoms with E-state index in [-0.39, 0.29) is 22.8 Å². The van der Waals surface area contributed by atoms with Crippen molar-refractivity contribution >= 4 is 17.7 Å². The quantitative estimate of drug-likeness (QED) is 0.234. The van der Waals surface area contributed by atoms with Crippen LogP contribution in [-0.4, -0.2) is 37.8 Å². The lowest BCUT2D eigenvalue weighted by Crippen LogP contribution is -2.45. The number of carbonyl (C=O) groups excluding carboxylic acids is 2. The highest BCUT2D eigenvalue weighted by Crippen LogP contribution is 2.42. The zero-order valence-corrected chi connectivity index (χ0v) is 18.3. The number of unbranched alkanes of at least 4 members (excludes halogenated alkanes) is 3. The largest absolute Gasteiger partial charge is 0.493 e. The summed E-state index contributed by atoms with van der Waals surface area (Å²) in [5, 5.41) is 17.0. The molecule has 1 aromatic carbocycles. The van der Waals surface area contributed by atoms with Gasteiger partial charge in [0.05, 0.1) is 37.4 Å². The maximum Gasteiger partial charge on any atom is 0.337 e. The summed E-state index contributed by atoms with van der Waals surface area (Å²) in [5.74, 6) is -0.478. The minimum atomic E-state index is -0.942. The van der Waals surface area contributed by atoms with E-state index in [2.05, 4.69) is 17.6 Å². The first kappa shape index (κ1) is 24.0. The fraction of sp³-hybridized carbons (Fsp3) is 0.524. The predicted octanol–water partition coefficient (Wildman–Crippen LogP) is 3.75. The van der Waals surface area contributed by atoms with E-state index in [1.54, 1.807) is 6.92 Å². The normalized spacial score (nSPS) is 15.7. The van der Waals surface area contributed by atoms with Crippen molar-refractivity contribution in [2.24, 2.45) is 0 Å². The Kier molecular flexibility index (Phi) is 8.65. The molecule has 1 aliphatic heterocycles. The first-order valence-corrected chi connectivity index (χ1v) is 10.3. The average Bonchev–Trinajstić information content (AvgIpc) is 2.77. The minimum Gasteiger partial charge on any atom is -0.493 e. The predicted molar refractivity (Wildman–Crippen MR) is 113 cm³/mol. The van der Waals surface area contributed by atoms with Gasteiger partial charge in [-0.1, -0.05) is 33.1 Å². The van der Waals surface area contributed by atoms with Crippen LogP contribution in [-0.2, 0) is 9.53 Å². The van der Waals surface area contributed by atoms with Crippen LogP contribution >= 0.6 is 0 Å². The number of nitro benzene ring substituents is 1. The number of esters is 1. The molecule has 0 radical (unpaired) electrons. The molecule has 0 spiro atoms. The van der Waals surface area contributed by atoms with Gasteiger partial charge in [-0.2, -0.15) is 0 Å². The summed E-state index contributed by atoms with van der Waals surface area (Å²) in [4.78, 5) is 35.8. The Balaban J connectivity index is 2.50. The summed E-state index contributed by atoms with van der Waals surface area (Å²) >= 11 is 0. The van der Waals surface area contributed by atoms with Crippen molar-refractivity contribution in [1.82, 2.24) is 10.6 Å². The second-order valence-corrected chi connectivity index (χ2v) is 7.01. The Morgan fingerprint density at radius 3 is 2.52 bits per heavy atom. The highest BCUT2D eigenvalue weighted by molar-refractivity contribution is 5.95. The Morgan fingerprint density at radius 1 is 1.19 bits per heavy atom. The van der Waals surface area contributed by atoms with Crippen molar-refractivity contribution in [1.29, 1.82) is 0 Å². The fourth-order valence-corrected chi connectivity index (χ4v) is 3.41. The van der Waals surface area contributed by atoms with Crippen LogP contribution in [0, 0.1) is 10.1 Å². The summed E-state index contributed by atoms with van der Waals surface area (Å²) in [5.41, 5.74) is 0.565. The third-order valence-electron chi connectivity index (χ3n) is 4.96. The first-order chi connectivity index (χ1) is 14.9. The Bertz CT molecular complexity index is 867. The van der Waals surface area contributed by atoms with Crippen LogP contribution in [0.3, 0.4) is 0 Å². The van der Waals surface area contributed by atoms with Gasteiger partial charge >= 0.3 is 17.7 Å². The molecule has 0 saturated carbocycles. The number of nitrogens with zero attached hydrogens (tertiary/aromatic N) is 1. The molecule has 1 aromatic rings. The van der Waals surface area contributed by atoms with Gasteiger partial charge in [0.25, 0.3) is 0 Å². The van der Waals surface area contributed by atoms with Gasteiger partial charge in [0.2, 0.25) is 5.75 Å². The third kappa shape index (κ3) is 5.65. The molecular weight excluding hydrogens is 406 g/mol. The van der Waals surface area contributed by atoms with Gasteiger partial charge in [0.1, 0.15) is 0 Å². The third-order valence-corrected chi connectivity index (χ3v) is 4.96. The molecule has 0 aromatic heterocycles. The number of ether oxygens (including phenoxy) is 3.